The quantitative estimate of drug-likeness (QED) is 0.841. The minimum Gasteiger partial charge on any atom is -0.353 e. The highest BCUT2D eigenvalue weighted by molar-refractivity contribution is 5.40. The Morgan fingerprint density at radius 2 is 2.00 bits per heavy atom. The van der Waals surface area contributed by atoms with Crippen LogP contribution in [0, 0.1) is 0 Å². The lowest BCUT2D eigenvalue weighted by molar-refractivity contribution is -0.685. The second kappa shape index (κ2) is 4.28. The van der Waals surface area contributed by atoms with Gasteiger partial charge in [-0.1, -0.05) is 35.3 Å². The van der Waals surface area contributed by atoms with E-state index in [9.17, 15) is 5.11 Å². The summed E-state index contributed by atoms with van der Waals surface area (Å²) >= 11 is 0. The minimum absolute atomic E-state index is 0.392. The van der Waals surface area contributed by atoms with Crippen LogP contribution in [-0.4, -0.2) is 16.1 Å². The molecule has 0 radical (unpaired) electrons. The van der Waals surface area contributed by atoms with Gasteiger partial charge in [0, 0.05) is 11.6 Å². The fourth-order valence-corrected chi connectivity index (χ4v) is 3.24. The number of aromatic nitrogens is 2. The predicted octanol–water partition coefficient (Wildman–Crippen LogP) is 1.59. The maximum atomic E-state index is 11.3. The number of aliphatic hydroxyl groups is 1. The first kappa shape index (κ1) is 11.9. The number of hydrogen-bond donors (Lipinski definition) is 1. The van der Waals surface area contributed by atoms with Gasteiger partial charge < -0.3 is 5.11 Å². The maximum Gasteiger partial charge on any atom is 0.397 e. The van der Waals surface area contributed by atoms with Crippen LogP contribution in [0.1, 0.15) is 24.8 Å². The molecule has 1 aliphatic carbocycles. The van der Waals surface area contributed by atoms with Gasteiger partial charge in [0.1, 0.15) is 12.7 Å². The van der Waals surface area contributed by atoms with Gasteiger partial charge in [0.05, 0.1) is 12.2 Å². The van der Waals surface area contributed by atoms with Crippen LogP contribution in [0.25, 0.3) is 0 Å². The average Bonchev–Trinajstić information content (AvgIpc) is 2.73. The molecule has 2 aliphatic rings. The molecule has 0 amide bonds. The third kappa shape index (κ3) is 1.58. The topological polar surface area (TPSA) is 40.2 Å². The van der Waals surface area contributed by atoms with Crippen LogP contribution in [0.5, 0.6) is 0 Å². The normalized spacial score (nSPS) is 25.4. The summed E-state index contributed by atoms with van der Waals surface area (Å²) in [6.45, 7) is 0.538. The molecule has 1 saturated carbocycles. The van der Waals surface area contributed by atoms with E-state index in [2.05, 4.69) is 9.88 Å². The van der Waals surface area contributed by atoms with Crippen LogP contribution >= 0.6 is 0 Å². The van der Waals surface area contributed by atoms with E-state index in [1.165, 1.54) is 6.42 Å². The molecule has 4 heteroatoms. The van der Waals surface area contributed by atoms with Crippen LogP contribution in [-0.2, 0) is 12.3 Å². The first-order valence-corrected chi connectivity index (χ1v) is 7.21. The molecular formula is C16H18N3O+. The molecule has 4 nitrogen and oxygen atoms in total. The number of rotatable bonds is 2. The molecule has 2 heterocycles. The van der Waals surface area contributed by atoms with Crippen LogP contribution in [0.15, 0.2) is 48.8 Å². The molecule has 1 aromatic carbocycles. The van der Waals surface area contributed by atoms with Gasteiger partial charge in [0.15, 0.2) is 0 Å². The van der Waals surface area contributed by atoms with Crippen molar-refractivity contribution in [1.29, 1.82) is 0 Å². The second-order valence-corrected chi connectivity index (χ2v) is 5.68. The largest absolute Gasteiger partial charge is 0.397 e. The standard InChI is InChI=1S/C16H18N3O/c20-16(13-6-2-1-3-7-13)12-18-11-5-10-17-15(18)19(16)14-8-4-9-14/h1-3,5-7,10-11,14,20H,4,8-9,12H2/q+1/t16-/m1/s1. The summed E-state index contributed by atoms with van der Waals surface area (Å²) in [4.78, 5) is 6.61. The van der Waals surface area contributed by atoms with Gasteiger partial charge in [0.2, 0.25) is 5.72 Å². The van der Waals surface area contributed by atoms with Gasteiger partial charge in [0.25, 0.3) is 0 Å². The fourth-order valence-electron chi connectivity index (χ4n) is 3.24. The van der Waals surface area contributed by atoms with Crippen molar-refractivity contribution in [2.45, 2.75) is 37.6 Å². The summed E-state index contributed by atoms with van der Waals surface area (Å²) in [5, 5.41) is 11.3. The lowest BCUT2D eigenvalue weighted by Gasteiger charge is -2.38. The molecule has 0 bridgehead atoms. The lowest BCUT2D eigenvalue weighted by atomic mass is 9.88. The molecule has 20 heavy (non-hydrogen) atoms. The van der Waals surface area contributed by atoms with Crippen molar-refractivity contribution < 1.29 is 9.67 Å². The van der Waals surface area contributed by atoms with E-state index < -0.39 is 5.72 Å². The zero-order chi connectivity index (χ0) is 13.6. The molecule has 102 valence electrons. The molecular weight excluding hydrogens is 250 g/mol. The Morgan fingerprint density at radius 1 is 1.20 bits per heavy atom. The van der Waals surface area contributed by atoms with E-state index in [4.69, 9.17) is 0 Å². The maximum absolute atomic E-state index is 11.3. The predicted molar refractivity (Wildman–Crippen MR) is 74.9 cm³/mol. The van der Waals surface area contributed by atoms with Crippen LogP contribution < -0.4 is 9.47 Å². The van der Waals surface area contributed by atoms with Crippen molar-refractivity contribution in [2.75, 3.05) is 4.90 Å². The number of nitrogens with zero attached hydrogens (tertiary/aromatic N) is 3. The summed E-state index contributed by atoms with van der Waals surface area (Å²) in [5.41, 5.74) is -0.0364. The van der Waals surface area contributed by atoms with Gasteiger partial charge >= 0.3 is 5.95 Å². The lowest BCUT2D eigenvalue weighted by Crippen LogP contribution is -2.52. The first-order valence-electron chi connectivity index (χ1n) is 7.21. The zero-order valence-corrected chi connectivity index (χ0v) is 11.3. The Balaban J connectivity index is 1.84. The number of fused-ring (bicyclic) bond motifs is 1. The second-order valence-electron chi connectivity index (χ2n) is 5.68. The Kier molecular flexibility index (Phi) is 2.54. The van der Waals surface area contributed by atoms with Crippen LogP contribution in [0.2, 0.25) is 0 Å². The first-order chi connectivity index (χ1) is 9.79. The van der Waals surface area contributed by atoms with Crippen molar-refractivity contribution in [2.24, 2.45) is 0 Å². The van der Waals surface area contributed by atoms with E-state index in [-0.39, 0.29) is 0 Å². The molecule has 2 aromatic rings. The van der Waals surface area contributed by atoms with Crippen molar-refractivity contribution in [3.63, 3.8) is 0 Å². The van der Waals surface area contributed by atoms with Gasteiger partial charge in [-0.3, -0.25) is 0 Å². The SMILES string of the molecule is O[C@@]1(c2ccccc2)C[n+]2cccnc2N1C1CCC1. The monoisotopic (exact) mass is 268 g/mol. The van der Waals surface area contributed by atoms with E-state index in [1.807, 2.05) is 47.2 Å². The highest BCUT2D eigenvalue weighted by Gasteiger charge is 2.55. The molecule has 1 aromatic heterocycles. The number of hydrogen-bond acceptors (Lipinski definition) is 3. The Hall–Kier alpha value is -1.94. The van der Waals surface area contributed by atoms with Crippen molar-refractivity contribution in [3.8, 4) is 0 Å². The molecule has 0 spiro atoms. The molecule has 0 saturated heterocycles. The smallest absolute Gasteiger partial charge is 0.353 e. The molecule has 1 atom stereocenters. The molecule has 1 N–H and O–H groups in total. The van der Waals surface area contributed by atoms with Gasteiger partial charge in [-0.25, -0.2) is 9.47 Å². The third-order valence-electron chi connectivity index (χ3n) is 4.48. The van der Waals surface area contributed by atoms with Crippen LogP contribution in [0.4, 0.5) is 5.95 Å². The van der Waals surface area contributed by atoms with Crippen molar-refractivity contribution in [3.05, 3.63) is 54.4 Å². The van der Waals surface area contributed by atoms with E-state index in [0.717, 1.165) is 24.4 Å². The highest BCUT2D eigenvalue weighted by atomic mass is 16.3. The minimum atomic E-state index is -0.978. The molecule has 1 aliphatic heterocycles. The number of benzene rings is 1. The van der Waals surface area contributed by atoms with E-state index >= 15 is 0 Å². The third-order valence-corrected chi connectivity index (χ3v) is 4.48. The molecule has 4 rings (SSSR count). The van der Waals surface area contributed by atoms with Gasteiger partial charge in [-0.15, -0.1) is 0 Å². The molecule has 0 unspecified atom stereocenters. The molecule has 1 fully saturated rings. The summed E-state index contributed by atoms with van der Waals surface area (Å²) < 4.78 is 2.05. The van der Waals surface area contributed by atoms with E-state index in [0.29, 0.717) is 12.6 Å². The zero-order valence-electron chi connectivity index (χ0n) is 11.3. The fraction of sp³-hybridized carbons (Fsp3) is 0.375. The Labute approximate surface area is 118 Å². The van der Waals surface area contributed by atoms with Crippen molar-refractivity contribution >= 4 is 5.95 Å². The Morgan fingerprint density at radius 3 is 2.70 bits per heavy atom. The van der Waals surface area contributed by atoms with E-state index in [1.54, 1.807) is 6.20 Å². The number of anilines is 1. The summed E-state index contributed by atoms with van der Waals surface area (Å²) in [7, 11) is 0. The average molecular weight is 268 g/mol. The summed E-state index contributed by atoms with van der Waals surface area (Å²) in [6.07, 6.45) is 7.29. The van der Waals surface area contributed by atoms with Gasteiger partial charge in [-0.2, -0.15) is 0 Å². The summed E-state index contributed by atoms with van der Waals surface area (Å²) in [6, 6.07) is 12.2. The summed E-state index contributed by atoms with van der Waals surface area (Å²) in [5.74, 6) is 0.878. The van der Waals surface area contributed by atoms with Crippen molar-refractivity contribution in [1.82, 2.24) is 4.98 Å². The Bertz CT molecular complexity index is 627. The highest BCUT2D eigenvalue weighted by Crippen LogP contribution is 2.40. The van der Waals surface area contributed by atoms with Crippen LogP contribution in [0.3, 0.4) is 0 Å². The van der Waals surface area contributed by atoms with Gasteiger partial charge in [-0.05, 0) is 19.3 Å².